The minimum Gasteiger partial charge on any atom is -0.353 e. The molecule has 0 bridgehead atoms. The number of carbonyl (C=O) groups excluding carboxylic acids is 2. The minimum atomic E-state index is -3.67. The number of nitrogens with one attached hydrogen (secondary N) is 2. The van der Waals surface area contributed by atoms with Gasteiger partial charge < -0.3 is 10.6 Å². The average Bonchev–Trinajstić information content (AvgIpc) is 2.91. The van der Waals surface area contributed by atoms with Gasteiger partial charge >= 0.3 is 0 Å². The molecule has 3 aromatic rings. The van der Waals surface area contributed by atoms with Gasteiger partial charge in [-0.1, -0.05) is 68.3 Å². The summed E-state index contributed by atoms with van der Waals surface area (Å²) in [5.74, 6) is -0.535. The molecule has 0 saturated carbocycles. The second-order valence-electron chi connectivity index (χ2n) is 9.68. The van der Waals surface area contributed by atoms with E-state index in [4.69, 9.17) is 0 Å². The molecule has 3 aromatic carbocycles. The molecule has 1 heterocycles. The lowest BCUT2D eigenvalue weighted by Gasteiger charge is -2.32. The lowest BCUT2D eigenvalue weighted by Crippen LogP contribution is -2.48. The smallest absolute Gasteiger partial charge is 0.243 e. The number of nitrogens with zero attached hydrogens (tertiary/aromatic N) is 1. The third-order valence-corrected chi connectivity index (χ3v) is 10.3. The molecule has 1 aliphatic heterocycles. The fraction of sp³-hybridized carbons (Fsp3) is 0.310. The zero-order valence-corrected chi connectivity index (χ0v) is 25.6. The zero-order valence-electron chi connectivity index (χ0n) is 21.6. The monoisotopic (exact) mass is 675 g/mol. The topological polar surface area (TPSA) is 95.6 Å². The average molecular weight is 677 g/mol. The van der Waals surface area contributed by atoms with E-state index in [0.717, 1.165) is 20.1 Å². The van der Waals surface area contributed by atoms with Crippen molar-refractivity contribution < 1.29 is 18.0 Å². The number of sulfonamides is 1. The van der Waals surface area contributed by atoms with E-state index in [1.165, 1.54) is 23.4 Å². The van der Waals surface area contributed by atoms with Crippen LogP contribution >= 0.6 is 31.9 Å². The molecular weight excluding hydrogens is 646 g/mol. The van der Waals surface area contributed by atoms with Crippen LogP contribution in [0.25, 0.3) is 0 Å². The van der Waals surface area contributed by atoms with E-state index in [1.807, 2.05) is 48.5 Å². The molecule has 1 aliphatic rings. The number of anilines is 1. The number of halogens is 2. The number of rotatable bonds is 9. The molecule has 206 valence electrons. The Morgan fingerprint density at radius 1 is 0.872 bits per heavy atom. The lowest BCUT2D eigenvalue weighted by atomic mass is 9.91. The van der Waals surface area contributed by atoms with Crippen molar-refractivity contribution >= 4 is 59.4 Å². The molecule has 39 heavy (non-hydrogen) atoms. The SMILES string of the molecule is CC(=O)Nc1ccc(S(=O)(=O)N2CCC(NC(=O)C(Cc3ccccc3Br)Cc3ccccc3Br)CC2)cc1. The quantitative estimate of drug-likeness (QED) is 0.311. The highest BCUT2D eigenvalue weighted by Gasteiger charge is 2.31. The van der Waals surface area contributed by atoms with Crippen LogP contribution in [0.4, 0.5) is 5.69 Å². The number of benzene rings is 3. The van der Waals surface area contributed by atoms with Gasteiger partial charge in [0.05, 0.1) is 4.90 Å². The summed E-state index contributed by atoms with van der Waals surface area (Å²) in [6.07, 6.45) is 2.23. The Morgan fingerprint density at radius 2 is 1.38 bits per heavy atom. The van der Waals surface area contributed by atoms with Gasteiger partial charge in [-0.15, -0.1) is 0 Å². The summed E-state index contributed by atoms with van der Waals surface area (Å²) >= 11 is 7.22. The summed E-state index contributed by atoms with van der Waals surface area (Å²) in [4.78, 5) is 25.0. The predicted octanol–water partition coefficient (Wildman–Crippen LogP) is 5.54. The van der Waals surface area contributed by atoms with E-state index < -0.39 is 10.0 Å². The Labute approximate surface area is 246 Å². The highest BCUT2D eigenvalue weighted by atomic mass is 79.9. The summed E-state index contributed by atoms with van der Waals surface area (Å²) in [5.41, 5.74) is 2.67. The van der Waals surface area contributed by atoms with Crippen LogP contribution < -0.4 is 10.6 Å². The Hall–Kier alpha value is -2.53. The lowest BCUT2D eigenvalue weighted by molar-refractivity contribution is -0.126. The van der Waals surface area contributed by atoms with Crippen LogP contribution in [-0.4, -0.2) is 43.7 Å². The summed E-state index contributed by atoms with van der Waals surface area (Å²) < 4.78 is 29.7. The first-order valence-electron chi connectivity index (χ1n) is 12.8. The van der Waals surface area contributed by atoms with Gasteiger partial charge in [0, 0.05) is 46.6 Å². The number of piperidine rings is 1. The molecule has 0 spiro atoms. The van der Waals surface area contributed by atoms with Gasteiger partial charge in [0.15, 0.2) is 0 Å². The maximum atomic E-state index is 13.5. The van der Waals surface area contributed by atoms with Gasteiger partial charge in [-0.3, -0.25) is 9.59 Å². The van der Waals surface area contributed by atoms with Crippen molar-refractivity contribution in [2.75, 3.05) is 18.4 Å². The third-order valence-electron chi connectivity index (χ3n) is 6.83. The Morgan fingerprint density at radius 3 is 1.87 bits per heavy atom. The molecule has 0 radical (unpaired) electrons. The van der Waals surface area contributed by atoms with Crippen molar-refractivity contribution in [3.63, 3.8) is 0 Å². The first-order chi connectivity index (χ1) is 18.6. The van der Waals surface area contributed by atoms with Crippen molar-refractivity contribution in [3.8, 4) is 0 Å². The third kappa shape index (κ3) is 7.78. The second-order valence-corrected chi connectivity index (χ2v) is 13.3. The molecule has 0 unspecified atom stereocenters. The van der Waals surface area contributed by atoms with Crippen molar-refractivity contribution in [1.82, 2.24) is 9.62 Å². The predicted molar refractivity (Wildman–Crippen MR) is 160 cm³/mol. The molecule has 10 heteroatoms. The van der Waals surface area contributed by atoms with Gasteiger partial charge in [0.2, 0.25) is 21.8 Å². The molecule has 2 amide bonds. The molecule has 1 saturated heterocycles. The normalized spacial score (nSPS) is 14.8. The molecular formula is C29H31Br2N3O4S. The van der Waals surface area contributed by atoms with Gasteiger partial charge in [-0.25, -0.2) is 8.42 Å². The Balaban J connectivity index is 1.40. The first kappa shape index (κ1) is 29.5. The van der Waals surface area contributed by atoms with Crippen LogP contribution in [0.2, 0.25) is 0 Å². The van der Waals surface area contributed by atoms with E-state index in [-0.39, 0.29) is 28.7 Å². The Bertz CT molecular complexity index is 1370. The van der Waals surface area contributed by atoms with Gasteiger partial charge in [0.1, 0.15) is 0 Å². The number of hydrogen-bond donors (Lipinski definition) is 2. The van der Waals surface area contributed by atoms with Gasteiger partial charge in [-0.05, 0) is 73.2 Å². The maximum Gasteiger partial charge on any atom is 0.243 e. The van der Waals surface area contributed by atoms with Crippen LogP contribution in [0.15, 0.2) is 86.6 Å². The van der Waals surface area contributed by atoms with Crippen molar-refractivity contribution in [1.29, 1.82) is 0 Å². The minimum absolute atomic E-state index is 0.0311. The van der Waals surface area contributed by atoms with E-state index in [1.54, 1.807) is 12.1 Å². The van der Waals surface area contributed by atoms with Crippen molar-refractivity contribution in [3.05, 3.63) is 92.9 Å². The van der Waals surface area contributed by atoms with E-state index in [9.17, 15) is 18.0 Å². The van der Waals surface area contributed by atoms with Crippen LogP contribution in [0.1, 0.15) is 30.9 Å². The maximum absolute atomic E-state index is 13.5. The van der Waals surface area contributed by atoms with Gasteiger partial charge in [-0.2, -0.15) is 4.31 Å². The Kier molecular flexibility index (Phi) is 9.98. The standard InChI is InChI=1S/C29H31Br2N3O4S/c1-20(35)32-24-10-12-26(13-11-24)39(37,38)34-16-14-25(15-17-34)33-29(36)23(18-21-6-2-4-8-27(21)30)19-22-7-3-5-9-28(22)31/h2-13,23,25H,14-19H2,1H3,(H,32,35)(H,33,36). The summed E-state index contributed by atoms with van der Waals surface area (Å²) in [5, 5.41) is 5.84. The summed E-state index contributed by atoms with van der Waals surface area (Å²) in [6.45, 7) is 2.04. The molecule has 7 nitrogen and oxygen atoms in total. The highest BCUT2D eigenvalue weighted by Crippen LogP contribution is 2.26. The van der Waals surface area contributed by atoms with Crippen LogP contribution in [0.5, 0.6) is 0 Å². The summed E-state index contributed by atoms with van der Waals surface area (Å²) in [7, 11) is -3.67. The molecule has 2 N–H and O–H groups in total. The van der Waals surface area contributed by atoms with E-state index in [2.05, 4.69) is 42.5 Å². The number of hydrogen-bond acceptors (Lipinski definition) is 4. The highest BCUT2D eigenvalue weighted by molar-refractivity contribution is 9.10. The second kappa shape index (κ2) is 13.2. The van der Waals surface area contributed by atoms with E-state index >= 15 is 0 Å². The van der Waals surface area contributed by atoms with Crippen LogP contribution in [0.3, 0.4) is 0 Å². The van der Waals surface area contributed by atoms with Crippen molar-refractivity contribution in [2.45, 2.75) is 43.5 Å². The molecule has 4 rings (SSSR count). The largest absolute Gasteiger partial charge is 0.353 e. The number of carbonyl (C=O) groups is 2. The number of amides is 2. The summed E-state index contributed by atoms with van der Waals surface area (Å²) in [6, 6.07) is 21.9. The zero-order chi connectivity index (χ0) is 28.0. The van der Waals surface area contributed by atoms with Crippen LogP contribution in [0, 0.1) is 5.92 Å². The van der Waals surface area contributed by atoms with E-state index in [0.29, 0.717) is 44.5 Å². The molecule has 0 aliphatic carbocycles. The first-order valence-corrected chi connectivity index (χ1v) is 15.8. The van der Waals surface area contributed by atoms with Crippen LogP contribution in [-0.2, 0) is 32.5 Å². The van der Waals surface area contributed by atoms with Gasteiger partial charge in [0.25, 0.3) is 0 Å². The molecule has 0 atom stereocenters. The fourth-order valence-corrected chi connectivity index (χ4v) is 7.10. The van der Waals surface area contributed by atoms with Crippen molar-refractivity contribution in [2.24, 2.45) is 5.92 Å². The fourth-order valence-electron chi connectivity index (χ4n) is 4.74. The molecule has 0 aromatic heterocycles. The molecule has 1 fully saturated rings.